The zero-order chi connectivity index (χ0) is 21.0. The second kappa shape index (κ2) is 8.83. The summed E-state index contributed by atoms with van der Waals surface area (Å²) < 4.78 is 5.04. The third-order valence-corrected chi connectivity index (χ3v) is 5.23. The van der Waals surface area contributed by atoms with Crippen molar-refractivity contribution >= 4 is 40.6 Å². The number of rotatable bonds is 6. The van der Waals surface area contributed by atoms with Gasteiger partial charge in [-0.1, -0.05) is 25.1 Å². The predicted octanol–water partition coefficient (Wildman–Crippen LogP) is 3.64. The summed E-state index contributed by atoms with van der Waals surface area (Å²) in [6, 6.07) is 12.0. The van der Waals surface area contributed by atoms with E-state index >= 15 is 0 Å². The highest BCUT2D eigenvalue weighted by Gasteiger charge is 2.36. The number of aryl methyl sites for hydroxylation is 1. The Labute approximate surface area is 172 Å². The van der Waals surface area contributed by atoms with Crippen molar-refractivity contribution in [1.82, 2.24) is 4.90 Å². The average molecular weight is 412 g/mol. The Hall–Kier alpha value is -3.26. The van der Waals surface area contributed by atoms with E-state index in [-0.39, 0.29) is 22.9 Å². The van der Waals surface area contributed by atoms with Crippen molar-refractivity contribution in [2.24, 2.45) is 0 Å². The highest BCUT2D eigenvalue weighted by Crippen LogP contribution is 2.34. The number of anilines is 1. The van der Waals surface area contributed by atoms with Gasteiger partial charge in [0.1, 0.15) is 6.54 Å². The molecule has 0 spiro atoms. The minimum atomic E-state index is -0.538. The van der Waals surface area contributed by atoms with E-state index in [1.165, 1.54) is 19.3 Å². The lowest BCUT2D eigenvalue weighted by Crippen LogP contribution is -2.36. The number of amides is 3. The molecule has 0 unspecified atom stereocenters. The highest BCUT2D eigenvalue weighted by molar-refractivity contribution is 8.18. The smallest absolute Gasteiger partial charge is 0.294 e. The Kier molecular flexibility index (Phi) is 6.23. The van der Waals surface area contributed by atoms with Gasteiger partial charge in [-0.15, -0.1) is 0 Å². The SMILES string of the molecule is CCc1ccc(NC(=O)CN2C(=O)SC(=Cc3ccc(O)c(OC)c3)C2=O)cc1. The number of imide groups is 1. The quantitative estimate of drug-likeness (QED) is 0.704. The van der Waals surface area contributed by atoms with Crippen molar-refractivity contribution in [3.8, 4) is 11.5 Å². The molecule has 1 aliphatic rings. The lowest BCUT2D eigenvalue weighted by atomic mass is 10.1. The molecule has 0 aromatic heterocycles. The molecule has 3 rings (SSSR count). The minimum Gasteiger partial charge on any atom is -0.504 e. The molecule has 2 aromatic rings. The summed E-state index contributed by atoms with van der Waals surface area (Å²) in [4.78, 5) is 38.2. The number of phenols is 1. The maximum Gasteiger partial charge on any atom is 0.294 e. The number of hydrogen-bond acceptors (Lipinski definition) is 6. The van der Waals surface area contributed by atoms with Gasteiger partial charge in [0.25, 0.3) is 11.1 Å². The lowest BCUT2D eigenvalue weighted by Gasteiger charge is -2.12. The number of benzene rings is 2. The molecule has 1 saturated heterocycles. The molecular formula is C21H20N2O5S. The van der Waals surface area contributed by atoms with Gasteiger partial charge in [-0.2, -0.15) is 0 Å². The number of ether oxygens (including phenoxy) is 1. The van der Waals surface area contributed by atoms with Crippen LogP contribution in [0, 0.1) is 0 Å². The normalized spacial score (nSPS) is 15.1. The first kappa shape index (κ1) is 20.5. The monoisotopic (exact) mass is 412 g/mol. The fourth-order valence-electron chi connectivity index (χ4n) is 2.74. The summed E-state index contributed by atoms with van der Waals surface area (Å²) in [7, 11) is 1.42. The zero-order valence-corrected chi connectivity index (χ0v) is 16.8. The van der Waals surface area contributed by atoms with E-state index < -0.39 is 17.1 Å². The van der Waals surface area contributed by atoms with Crippen LogP contribution in [0.15, 0.2) is 47.4 Å². The fourth-order valence-corrected chi connectivity index (χ4v) is 3.58. The number of nitrogens with zero attached hydrogens (tertiary/aromatic N) is 1. The van der Waals surface area contributed by atoms with E-state index in [1.54, 1.807) is 24.3 Å². The van der Waals surface area contributed by atoms with Crippen molar-refractivity contribution in [2.45, 2.75) is 13.3 Å². The lowest BCUT2D eigenvalue weighted by molar-refractivity contribution is -0.127. The molecule has 0 aliphatic carbocycles. The fraction of sp³-hybridized carbons (Fsp3) is 0.190. The molecule has 0 radical (unpaired) electrons. The molecule has 1 heterocycles. The molecule has 150 valence electrons. The van der Waals surface area contributed by atoms with Gasteiger partial charge in [0.15, 0.2) is 11.5 Å². The molecule has 8 heteroatoms. The number of methoxy groups -OCH3 is 1. The third kappa shape index (κ3) is 4.78. The van der Waals surface area contributed by atoms with Gasteiger partial charge in [0.2, 0.25) is 5.91 Å². The number of hydrogen-bond donors (Lipinski definition) is 2. The Morgan fingerprint density at radius 1 is 1.21 bits per heavy atom. The molecule has 2 N–H and O–H groups in total. The molecule has 2 aromatic carbocycles. The molecule has 29 heavy (non-hydrogen) atoms. The van der Waals surface area contributed by atoms with Gasteiger partial charge in [-0.25, -0.2) is 0 Å². The van der Waals surface area contributed by atoms with Gasteiger partial charge in [-0.05, 0) is 59.7 Å². The van der Waals surface area contributed by atoms with E-state index in [1.807, 2.05) is 19.1 Å². The summed E-state index contributed by atoms with van der Waals surface area (Å²) in [6.45, 7) is 1.67. The van der Waals surface area contributed by atoms with Crippen molar-refractivity contribution in [2.75, 3.05) is 19.0 Å². The van der Waals surface area contributed by atoms with E-state index in [4.69, 9.17) is 4.74 Å². The van der Waals surface area contributed by atoms with Gasteiger partial charge in [0, 0.05) is 5.69 Å². The predicted molar refractivity (Wildman–Crippen MR) is 112 cm³/mol. The maximum absolute atomic E-state index is 12.6. The molecule has 7 nitrogen and oxygen atoms in total. The standard InChI is InChI=1S/C21H20N2O5S/c1-3-13-4-7-15(8-5-13)22-19(25)12-23-20(26)18(29-21(23)27)11-14-6-9-16(24)17(10-14)28-2/h4-11,24H,3,12H2,1-2H3,(H,22,25). The van der Waals surface area contributed by atoms with Gasteiger partial charge in [-0.3, -0.25) is 19.3 Å². The second-order valence-corrected chi connectivity index (χ2v) is 7.29. The first-order valence-corrected chi connectivity index (χ1v) is 9.74. The van der Waals surface area contributed by atoms with Gasteiger partial charge in [0.05, 0.1) is 12.0 Å². The van der Waals surface area contributed by atoms with Crippen LogP contribution < -0.4 is 10.1 Å². The number of nitrogens with one attached hydrogen (secondary N) is 1. The van der Waals surface area contributed by atoms with Crippen molar-refractivity contribution in [3.05, 3.63) is 58.5 Å². The first-order valence-electron chi connectivity index (χ1n) is 8.92. The number of thioether (sulfide) groups is 1. The molecule has 1 fully saturated rings. The van der Waals surface area contributed by atoms with Crippen LogP contribution in [0.1, 0.15) is 18.1 Å². The molecule has 0 bridgehead atoms. The summed E-state index contributed by atoms with van der Waals surface area (Å²) >= 11 is 0.763. The Morgan fingerprint density at radius 3 is 2.59 bits per heavy atom. The van der Waals surface area contributed by atoms with E-state index in [9.17, 15) is 19.5 Å². The molecular weight excluding hydrogens is 392 g/mol. The van der Waals surface area contributed by atoms with Crippen molar-refractivity contribution < 1.29 is 24.2 Å². The average Bonchev–Trinajstić information content (AvgIpc) is 2.97. The summed E-state index contributed by atoms with van der Waals surface area (Å²) in [5.41, 5.74) is 2.33. The van der Waals surface area contributed by atoms with Crippen LogP contribution in [0.2, 0.25) is 0 Å². The summed E-state index contributed by atoms with van der Waals surface area (Å²) in [5.74, 6) is -0.763. The zero-order valence-electron chi connectivity index (χ0n) is 16.0. The molecule has 0 atom stereocenters. The first-order chi connectivity index (χ1) is 13.9. The number of aromatic hydroxyl groups is 1. The van der Waals surface area contributed by atoms with Gasteiger partial charge >= 0.3 is 0 Å². The van der Waals surface area contributed by atoms with Crippen molar-refractivity contribution in [1.29, 1.82) is 0 Å². The Bertz CT molecular complexity index is 985. The van der Waals surface area contributed by atoms with E-state index in [0.717, 1.165) is 28.6 Å². The van der Waals surface area contributed by atoms with E-state index in [2.05, 4.69) is 5.32 Å². The summed E-state index contributed by atoms with van der Waals surface area (Å²) in [6.07, 6.45) is 2.42. The second-order valence-electron chi connectivity index (χ2n) is 6.30. The molecule has 3 amide bonds. The number of carbonyl (C=O) groups is 3. The van der Waals surface area contributed by atoms with E-state index in [0.29, 0.717) is 11.3 Å². The minimum absolute atomic E-state index is 0.0265. The molecule has 0 saturated carbocycles. The molecule has 1 aliphatic heterocycles. The van der Waals surface area contributed by atoms with Crippen LogP contribution in [0.4, 0.5) is 10.5 Å². The van der Waals surface area contributed by atoms with Crippen LogP contribution in [0.3, 0.4) is 0 Å². The van der Waals surface area contributed by atoms with Crippen LogP contribution in [0.5, 0.6) is 11.5 Å². The maximum atomic E-state index is 12.6. The van der Waals surface area contributed by atoms with Crippen LogP contribution >= 0.6 is 11.8 Å². The van der Waals surface area contributed by atoms with Crippen LogP contribution in [-0.4, -0.2) is 40.7 Å². The van der Waals surface area contributed by atoms with Crippen molar-refractivity contribution in [3.63, 3.8) is 0 Å². The van der Waals surface area contributed by atoms with Gasteiger partial charge < -0.3 is 15.2 Å². The topological polar surface area (TPSA) is 95.9 Å². The Balaban J connectivity index is 1.69. The summed E-state index contributed by atoms with van der Waals surface area (Å²) in [5, 5.41) is 11.8. The number of carbonyl (C=O) groups excluding carboxylic acids is 3. The largest absolute Gasteiger partial charge is 0.504 e. The third-order valence-electron chi connectivity index (χ3n) is 4.32. The number of phenolic OH excluding ortho intramolecular Hbond substituents is 1. The highest BCUT2D eigenvalue weighted by atomic mass is 32.2. The van der Waals surface area contributed by atoms with Crippen LogP contribution in [0.25, 0.3) is 6.08 Å². The Morgan fingerprint density at radius 2 is 1.93 bits per heavy atom. The van der Waals surface area contributed by atoms with Crippen LogP contribution in [-0.2, 0) is 16.0 Å².